The second-order valence-corrected chi connectivity index (χ2v) is 5.79. The fourth-order valence-electron chi connectivity index (χ4n) is 1.40. The van der Waals surface area contributed by atoms with Crippen molar-refractivity contribution in [3.05, 3.63) is 18.3 Å². The molecule has 2 N–H and O–H groups in total. The summed E-state index contributed by atoms with van der Waals surface area (Å²) in [6.45, 7) is 9.23. The first-order valence-electron chi connectivity index (χ1n) is 6.85. The molecule has 0 spiro atoms. The molecule has 0 fully saturated rings. The van der Waals surface area contributed by atoms with Gasteiger partial charge >= 0.3 is 7.12 Å². The maximum absolute atomic E-state index is 10.2. The average molecular weight is 281 g/mol. The van der Waals surface area contributed by atoms with E-state index in [1.807, 2.05) is 6.92 Å². The Morgan fingerprint density at radius 3 is 2.50 bits per heavy atom. The van der Waals surface area contributed by atoms with Gasteiger partial charge in [0.15, 0.2) is 0 Å². The summed E-state index contributed by atoms with van der Waals surface area (Å²) in [5.41, 5.74) is -1.57. The van der Waals surface area contributed by atoms with E-state index in [2.05, 4.69) is 4.98 Å². The zero-order valence-corrected chi connectivity index (χ0v) is 12.9. The first-order chi connectivity index (χ1) is 9.19. The Balaban J connectivity index is 2.90. The van der Waals surface area contributed by atoms with Crippen molar-refractivity contribution in [2.24, 2.45) is 0 Å². The van der Waals surface area contributed by atoms with Crippen molar-refractivity contribution in [3.63, 3.8) is 0 Å². The summed E-state index contributed by atoms with van der Waals surface area (Å²) in [5.74, 6) is 0.355. The van der Waals surface area contributed by atoms with Crippen LogP contribution in [0, 0.1) is 0 Å². The van der Waals surface area contributed by atoms with Crippen LogP contribution in [-0.4, -0.2) is 40.0 Å². The molecule has 20 heavy (non-hydrogen) atoms. The van der Waals surface area contributed by atoms with E-state index >= 15 is 0 Å². The number of ether oxygens (including phenoxy) is 1. The van der Waals surface area contributed by atoms with Crippen molar-refractivity contribution in [1.29, 1.82) is 0 Å². The van der Waals surface area contributed by atoms with Gasteiger partial charge in [0.05, 0.1) is 17.8 Å². The van der Waals surface area contributed by atoms with Gasteiger partial charge in [0.25, 0.3) is 0 Å². The third-order valence-corrected chi connectivity index (χ3v) is 3.39. The maximum atomic E-state index is 10.2. The van der Waals surface area contributed by atoms with Crippen LogP contribution in [0.3, 0.4) is 0 Å². The topological polar surface area (TPSA) is 71.8 Å². The molecule has 0 radical (unpaired) electrons. The van der Waals surface area contributed by atoms with Crippen molar-refractivity contribution in [2.45, 2.75) is 52.2 Å². The highest BCUT2D eigenvalue weighted by atomic mass is 16.6. The third kappa shape index (κ3) is 4.20. The first-order valence-corrected chi connectivity index (χ1v) is 6.85. The summed E-state index contributed by atoms with van der Waals surface area (Å²) >= 11 is 0. The summed E-state index contributed by atoms with van der Waals surface area (Å²) in [5, 5.41) is 20.3. The van der Waals surface area contributed by atoms with Crippen LogP contribution in [0.2, 0.25) is 0 Å². The van der Waals surface area contributed by atoms with Crippen LogP contribution in [0.25, 0.3) is 0 Å². The monoisotopic (exact) mass is 281 g/mol. The number of hydrogen-bond donors (Lipinski definition) is 2. The van der Waals surface area contributed by atoms with E-state index in [0.717, 1.165) is 6.42 Å². The molecule has 0 bridgehead atoms. The Morgan fingerprint density at radius 2 is 1.95 bits per heavy atom. The molecule has 1 aromatic heterocycles. The Hall–Kier alpha value is -1.11. The fourth-order valence-corrected chi connectivity index (χ4v) is 1.40. The van der Waals surface area contributed by atoms with Crippen LogP contribution in [-0.2, 0) is 4.65 Å². The van der Waals surface area contributed by atoms with Gasteiger partial charge in [-0.1, -0.05) is 13.0 Å². The third-order valence-electron chi connectivity index (χ3n) is 3.39. The van der Waals surface area contributed by atoms with Gasteiger partial charge in [-0.3, -0.25) is 0 Å². The molecule has 0 unspecified atom stereocenters. The van der Waals surface area contributed by atoms with Gasteiger partial charge < -0.3 is 19.5 Å². The number of rotatable bonds is 7. The van der Waals surface area contributed by atoms with Gasteiger partial charge in [0.2, 0.25) is 5.88 Å². The lowest BCUT2D eigenvalue weighted by Crippen LogP contribution is -2.53. The summed E-state index contributed by atoms with van der Waals surface area (Å²) in [4.78, 5) is 4.10. The maximum Gasteiger partial charge on any atom is 0.497 e. The van der Waals surface area contributed by atoms with Crippen molar-refractivity contribution >= 4 is 12.6 Å². The predicted octanol–water partition coefficient (Wildman–Crippen LogP) is 1.12. The van der Waals surface area contributed by atoms with E-state index in [1.165, 1.54) is 0 Å². The molecule has 0 atom stereocenters. The van der Waals surface area contributed by atoms with Gasteiger partial charge in [-0.2, -0.15) is 0 Å². The molecule has 6 heteroatoms. The Morgan fingerprint density at radius 1 is 1.30 bits per heavy atom. The van der Waals surface area contributed by atoms with Crippen LogP contribution >= 0.6 is 0 Å². The van der Waals surface area contributed by atoms with Crippen LogP contribution < -0.4 is 10.2 Å². The molecule has 0 saturated heterocycles. The standard InChI is InChI=1S/C14H24BNO4/c1-6-10-19-12-11(8-7-9-16-12)15(18)20-14(4,5)13(2,3)17/h7-9,17-18H,6,10H2,1-5H3. The van der Waals surface area contributed by atoms with Gasteiger partial charge in [-0.15, -0.1) is 0 Å². The smallest absolute Gasteiger partial charge is 0.478 e. The molecule has 0 aliphatic heterocycles. The summed E-state index contributed by atoms with van der Waals surface area (Å²) in [6.07, 6.45) is 2.45. The quantitative estimate of drug-likeness (QED) is 0.733. The highest BCUT2D eigenvalue weighted by Gasteiger charge is 2.40. The summed E-state index contributed by atoms with van der Waals surface area (Å²) in [7, 11) is -1.21. The molecule has 0 aromatic carbocycles. The minimum absolute atomic E-state index is 0.355. The molecule has 1 heterocycles. The number of aliphatic hydroxyl groups is 1. The molecule has 112 valence electrons. The first kappa shape index (κ1) is 16.9. The zero-order chi connectivity index (χ0) is 15.4. The SMILES string of the molecule is CCCOc1ncccc1B(O)OC(C)(C)C(C)(C)O. The number of pyridine rings is 1. The van der Waals surface area contributed by atoms with Crippen molar-refractivity contribution in [3.8, 4) is 5.88 Å². The molecule has 1 aromatic rings. The van der Waals surface area contributed by atoms with E-state index in [0.29, 0.717) is 17.9 Å². The minimum atomic E-state index is -1.21. The van der Waals surface area contributed by atoms with E-state index < -0.39 is 18.3 Å². The van der Waals surface area contributed by atoms with E-state index in [4.69, 9.17) is 9.39 Å². The average Bonchev–Trinajstić information content (AvgIpc) is 2.34. The Kier molecular flexibility index (Phi) is 5.56. The van der Waals surface area contributed by atoms with E-state index in [-0.39, 0.29) is 0 Å². The summed E-state index contributed by atoms with van der Waals surface area (Å²) < 4.78 is 11.1. The molecule has 0 saturated carbocycles. The van der Waals surface area contributed by atoms with Crippen LogP contribution in [0.4, 0.5) is 0 Å². The lowest BCUT2D eigenvalue weighted by Gasteiger charge is -2.38. The lowest BCUT2D eigenvalue weighted by atomic mass is 9.77. The number of aromatic nitrogens is 1. The summed E-state index contributed by atoms with van der Waals surface area (Å²) in [6, 6.07) is 3.40. The molecular weight excluding hydrogens is 257 g/mol. The largest absolute Gasteiger partial charge is 0.497 e. The van der Waals surface area contributed by atoms with E-state index in [9.17, 15) is 10.1 Å². The Bertz CT molecular complexity index is 431. The van der Waals surface area contributed by atoms with Crippen molar-refractivity contribution in [1.82, 2.24) is 4.98 Å². The highest BCUT2D eigenvalue weighted by Crippen LogP contribution is 2.25. The number of hydrogen-bond acceptors (Lipinski definition) is 5. The van der Waals surface area contributed by atoms with Crippen molar-refractivity contribution in [2.75, 3.05) is 6.61 Å². The lowest BCUT2D eigenvalue weighted by molar-refractivity contribution is -0.0983. The molecule has 0 aliphatic carbocycles. The van der Waals surface area contributed by atoms with Gasteiger partial charge in [-0.05, 0) is 40.2 Å². The van der Waals surface area contributed by atoms with E-state index in [1.54, 1.807) is 46.0 Å². The van der Waals surface area contributed by atoms with Gasteiger partial charge in [0, 0.05) is 11.7 Å². The van der Waals surface area contributed by atoms with Crippen LogP contribution in [0.5, 0.6) is 5.88 Å². The second kappa shape index (κ2) is 6.56. The van der Waals surface area contributed by atoms with Gasteiger partial charge in [0.1, 0.15) is 0 Å². The van der Waals surface area contributed by atoms with Crippen molar-refractivity contribution < 1.29 is 19.5 Å². The normalized spacial score (nSPS) is 12.3. The second-order valence-electron chi connectivity index (χ2n) is 5.79. The molecule has 5 nitrogen and oxygen atoms in total. The zero-order valence-electron chi connectivity index (χ0n) is 12.9. The highest BCUT2D eigenvalue weighted by molar-refractivity contribution is 6.61. The predicted molar refractivity (Wildman–Crippen MR) is 79.1 cm³/mol. The van der Waals surface area contributed by atoms with Crippen LogP contribution in [0.1, 0.15) is 41.0 Å². The van der Waals surface area contributed by atoms with Crippen LogP contribution in [0.15, 0.2) is 18.3 Å². The Labute approximate surface area is 121 Å². The molecular formula is C14H24BNO4. The molecule has 0 amide bonds. The van der Waals surface area contributed by atoms with Gasteiger partial charge in [-0.25, -0.2) is 4.98 Å². The molecule has 1 rings (SSSR count). The fraction of sp³-hybridized carbons (Fsp3) is 0.643. The molecule has 0 aliphatic rings. The number of nitrogens with zero attached hydrogens (tertiary/aromatic N) is 1. The minimum Gasteiger partial charge on any atom is -0.478 e.